The van der Waals surface area contributed by atoms with Crippen LogP contribution in [-0.4, -0.2) is 80.0 Å². The van der Waals surface area contributed by atoms with Crippen molar-refractivity contribution in [2.45, 2.75) is 49.7 Å². The minimum absolute atomic E-state index is 0.0125. The number of hydrogen-bond acceptors (Lipinski definition) is 10. The lowest BCUT2D eigenvalue weighted by Gasteiger charge is -2.27. The molecule has 0 aromatic carbocycles. The Morgan fingerprint density at radius 1 is 1.39 bits per heavy atom. The maximum Gasteiger partial charge on any atom is 0.352 e. The molecule has 0 saturated carbocycles. The molecule has 11 nitrogen and oxygen atoms in total. The van der Waals surface area contributed by atoms with E-state index in [1.165, 1.54) is 18.7 Å². The Kier molecular flexibility index (Phi) is 7.31. The first-order chi connectivity index (χ1) is 12.9. The van der Waals surface area contributed by atoms with Crippen LogP contribution in [0, 0.1) is 11.8 Å². The van der Waals surface area contributed by atoms with Crippen molar-refractivity contribution in [3.8, 4) is 0 Å². The topological polar surface area (TPSA) is 197 Å². The van der Waals surface area contributed by atoms with E-state index in [2.05, 4.69) is 16.0 Å². The maximum absolute atomic E-state index is 11.7. The Morgan fingerprint density at radius 3 is 2.54 bits per heavy atom. The molecule has 160 valence electrons. The smallest absolute Gasteiger partial charge is 0.352 e. The molecule has 0 aromatic rings. The number of carboxylic acid groups (broad SMARTS) is 2. The molecular formula is C16H28N4O7S. The van der Waals surface area contributed by atoms with Crippen molar-refractivity contribution in [2.24, 2.45) is 17.6 Å². The molecule has 2 aliphatic rings. The summed E-state index contributed by atoms with van der Waals surface area (Å²) in [6, 6.07) is -3.28. The summed E-state index contributed by atoms with van der Waals surface area (Å²) in [5, 5.41) is 55.4. The lowest BCUT2D eigenvalue weighted by Crippen LogP contribution is -2.56. The average molecular weight is 420 g/mol. The summed E-state index contributed by atoms with van der Waals surface area (Å²) in [6.07, 6.45) is -0.519. The molecule has 0 bridgehead atoms. The number of aliphatic carboxylic acids is 2. The Labute approximate surface area is 166 Å². The molecule has 6 atom stereocenters. The number of aliphatic hydroxyl groups excluding tert-OH is 1. The third-order valence-corrected chi connectivity index (χ3v) is 6.52. The molecular weight excluding hydrogens is 392 g/mol. The fourth-order valence-corrected chi connectivity index (χ4v) is 5.12. The van der Waals surface area contributed by atoms with Gasteiger partial charge in [-0.15, -0.1) is 11.8 Å². The Morgan fingerprint density at radius 2 is 2.04 bits per heavy atom. The standard InChI is InChI=1S/C16H28N4O7S/c1-6-11(10(7(2)21)14(22)23)20-12(15(24)25)13(6)28-9-3-8(18-5-9)4-19-16(17,26)27/h6-11,18-21,26-27H,3-5,17H2,1-2H3,(H,22,23)(H,24,25)/t6-,7-,8+,9+,10-,11-/m1/s1. The second-order valence-electron chi connectivity index (χ2n) is 7.30. The van der Waals surface area contributed by atoms with E-state index in [-0.39, 0.29) is 23.5 Å². The Hall–Kier alpha value is -1.41. The van der Waals surface area contributed by atoms with E-state index in [1.807, 2.05) is 0 Å². The lowest BCUT2D eigenvalue weighted by atomic mass is 9.87. The van der Waals surface area contributed by atoms with Gasteiger partial charge in [0.2, 0.25) is 0 Å². The lowest BCUT2D eigenvalue weighted by molar-refractivity contribution is -0.180. The van der Waals surface area contributed by atoms with E-state index in [1.54, 1.807) is 6.92 Å². The molecule has 1 fully saturated rings. The van der Waals surface area contributed by atoms with Gasteiger partial charge in [0.1, 0.15) is 11.6 Å². The summed E-state index contributed by atoms with van der Waals surface area (Å²) in [6.45, 7) is 3.90. The molecule has 12 heteroatoms. The first-order valence-corrected chi connectivity index (χ1v) is 9.82. The number of aliphatic hydroxyl groups is 3. The molecule has 28 heavy (non-hydrogen) atoms. The second-order valence-corrected chi connectivity index (χ2v) is 8.64. The van der Waals surface area contributed by atoms with Gasteiger partial charge in [-0.2, -0.15) is 0 Å². The van der Waals surface area contributed by atoms with Crippen LogP contribution in [0.2, 0.25) is 0 Å². The normalized spacial score (nSPS) is 30.2. The van der Waals surface area contributed by atoms with Gasteiger partial charge in [-0.25, -0.2) is 4.79 Å². The van der Waals surface area contributed by atoms with Crippen LogP contribution in [0.4, 0.5) is 0 Å². The molecule has 2 heterocycles. The first-order valence-electron chi connectivity index (χ1n) is 8.94. The van der Waals surface area contributed by atoms with Crippen LogP contribution in [0.5, 0.6) is 0 Å². The Balaban J connectivity index is 2.07. The second kappa shape index (κ2) is 8.95. The van der Waals surface area contributed by atoms with Crippen molar-refractivity contribution in [3.05, 3.63) is 10.6 Å². The van der Waals surface area contributed by atoms with Crippen molar-refractivity contribution in [2.75, 3.05) is 13.1 Å². The van der Waals surface area contributed by atoms with E-state index in [0.717, 1.165) is 0 Å². The van der Waals surface area contributed by atoms with E-state index in [4.69, 9.17) is 15.9 Å². The molecule has 2 rings (SSSR count). The summed E-state index contributed by atoms with van der Waals surface area (Å²) in [4.78, 5) is 23.8. The van der Waals surface area contributed by atoms with Crippen LogP contribution < -0.4 is 21.7 Å². The van der Waals surface area contributed by atoms with Crippen LogP contribution in [-0.2, 0) is 9.59 Å². The molecule has 0 unspecified atom stereocenters. The quantitative estimate of drug-likeness (QED) is 0.179. The predicted molar refractivity (Wildman–Crippen MR) is 101 cm³/mol. The molecule has 10 N–H and O–H groups in total. The van der Waals surface area contributed by atoms with E-state index in [9.17, 15) is 24.9 Å². The summed E-state index contributed by atoms with van der Waals surface area (Å²) in [7, 11) is 0. The average Bonchev–Trinajstić information content (AvgIpc) is 3.11. The van der Waals surface area contributed by atoms with Gasteiger partial charge in [0.05, 0.1) is 6.10 Å². The fraction of sp³-hybridized carbons (Fsp3) is 0.750. The highest BCUT2D eigenvalue weighted by Crippen LogP contribution is 2.41. The SMILES string of the molecule is C[C@@H](O)[C@@H](C(=O)O)[C@@H]1NC(C(=O)O)=C(S[C@@H]2CN[C@H](CNC(N)(O)O)C2)[C@@H]1C. The van der Waals surface area contributed by atoms with Crippen molar-refractivity contribution >= 4 is 23.7 Å². The van der Waals surface area contributed by atoms with Gasteiger partial charge < -0.3 is 36.2 Å². The number of carboxylic acids is 2. The van der Waals surface area contributed by atoms with Crippen LogP contribution >= 0.6 is 11.8 Å². The van der Waals surface area contributed by atoms with E-state index < -0.39 is 42.0 Å². The molecule has 2 aliphatic heterocycles. The largest absolute Gasteiger partial charge is 0.481 e. The van der Waals surface area contributed by atoms with Crippen LogP contribution in [0.3, 0.4) is 0 Å². The monoisotopic (exact) mass is 420 g/mol. The van der Waals surface area contributed by atoms with Gasteiger partial charge in [-0.3, -0.25) is 15.8 Å². The van der Waals surface area contributed by atoms with E-state index in [0.29, 0.717) is 17.9 Å². The number of hydrogen-bond donors (Lipinski definition) is 9. The number of thioether (sulfide) groups is 1. The number of nitrogens with two attached hydrogens (primary N) is 1. The van der Waals surface area contributed by atoms with Gasteiger partial charge >= 0.3 is 11.9 Å². The van der Waals surface area contributed by atoms with Crippen molar-refractivity contribution in [1.82, 2.24) is 16.0 Å². The predicted octanol–water partition coefficient (Wildman–Crippen LogP) is -2.42. The summed E-state index contributed by atoms with van der Waals surface area (Å²) < 4.78 is 0. The third kappa shape index (κ3) is 5.56. The molecule has 0 aromatic heterocycles. The summed E-state index contributed by atoms with van der Waals surface area (Å²) >= 11 is 1.36. The molecule has 1 saturated heterocycles. The zero-order valence-electron chi connectivity index (χ0n) is 15.6. The maximum atomic E-state index is 11.7. The zero-order valence-corrected chi connectivity index (χ0v) is 16.4. The van der Waals surface area contributed by atoms with Gasteiger partial charge in [0.15, 0.2) is 0 Å². The van der Waals surface area contributed by atoms with Gasteiger partial charge in [-0.05, 0) is 13.3 Å². The van der Waals surface area contributed by atoms with Crippen LogP contribution in [0.15, 0.2) is 10.6 Å². The third-order valence-electron chi connectivity index (χ3n) is 5.00. The fourth-order valence-electron chi connectivity index (χ4n) is 3.63. The first kappa shape index (κ1) is 22.9. The number of rotatable bonds is 9. The summed E-state index contributed by atoms with van der Waals surface area (Å²) in [5.74, 6) is -3.92. The minimum Gasteiger partial charge on any atom is -0.481 e. The van der Waals surface area contributed by atoms with Crippen molar-refractivity contribution in [3.63, 3.8) is 0 Å². The number of nitrogens with one attached hydrogen (secondary N) is 3. The molecule has 0 radical (unpaired) electrons. The highest BCUT2D eigenvalue weighted by atomic mass is 32.2. The molecule has 0 aliphatic carbocycles. The van der Waals surface area contributed by atoms with Gasteiger partial charge in [0.25, 0.3) is 6.03 Å². The molecule has 0 spiro atoms. The molecule has 0 amide bonds. The minimum atomic E-state index is -2.46. The summed E-state index contributed by atoms with van der Waals surface area (Å²) in [5.41, 5.74) is 5.02. The zero-order chi connectivity index (χ0) is 21.2. The Bertz CT molecular complexity index is 637. The highest BCUT2D eigenvalue weighted by Gasteiger charge is 2.44. The van der Waals surface area contributed by atoms with Crippen LogP contribution in [0.1, 0.15) is 20.3 Å². The van der Waals surface area contributed by atoms with Crippen LogP contribution in [0.25, 0.3) is 0 Å². The number of carbonyl (C=O) groups is 2. The van der Waals surface area contributed by atoms with Gasteiger partial charge in [0, 0.05) is 41.2 Å². The van der Waals surface area contributed by atoms with Gasteiger partial charge in [-0.1, -0.05) is 6.92 Å². The van der Waals surface area contributed by atoms with E-state index >= 15 is 0 Å². The van der Waals surface area contributed by atoms with Crippen molar-refractivity contribution < 1.29 is 35.1 Å². The highest BCUT2D eigenvalue weighted by molar-refractivity contribution is 8.03. The van der Waals surface area contributed by atoms with Crippen molar-refractivity contribution in [1.29, 1.82) is 0 Å².